The van der Waals surface area contributed by atoms with E-state index in [-0.39, 0.29) is 6.61 Å². The van der Waals surface area contributed by atoms with Gasteiger partial charge in [0.05, 0.1) is 5.52 Å². The number of aromatic nitrogens is 1. The van der Waals surface area contributed by atoms with E-state index in [0.29, 0.717) is 12.5 Å². The van der Waals surface area contributed by atoms with Crippen LogP contribution in [0.15, 0.2) is 36.5 Å². The van der Waals surface area contributed by atoms with Gasteiger partial charge in [0.1, 0.15) is 0 Å². The second kappa shape index (κ2) is 8.51. The van der Waals surface area contributed by atoms with E-state index in [9.17, 15) is 9.59 Å². The highest BCUT2D eigenvalue weighted by Gasteiger charge is 2.20. The first kappa shape index (κ1) is 18.0. The molecule has 1 aliphatic rings. The van der Waals surface area contributed by atoms with Crippen molar-refractivity contribution in [2.24, 2.45) is 11.7 Å². The molecule has 1 aromatic heterocycles. The molecule has 3 rings (SSSR count). The molecule has 1 aromatic carbocycles. The summed E-state index contributed by atoms with van der Waals surface area (Å²) in [6, 6.07) is 10.3. The third-order valence-electron chi connectivity index (χ3n) is 4.75. The number of ether oxygens (including phenoxy) is 1. The van der Waals surface area contributed by atoms with Crippen molar-refractivity contribution in [2.45, 2.75) is 19.3 Å². The summed E-state index contributed by atoms with van der Waals surface area (Å²) in [4.78, 5) is 28.8. The minimum Gasteiger partial charge on any atom is -0.439 e. The number of carbonyl (C=O) groups excluding carboxylic acids is 2. The van der Waals surface area contributed by atoms with Crippen molar-refractivity contribution < 1.29 is 14.3 Å². The van der Waals surface area contributed by atoms with Crippen molar-refractivity contribution in [1.82, 2.24) is 10.3 Å². The molecule has 2 aromatic rings. The summed E-state index contributed by atoms with van der Waals surface area (Å²) in [7, 11) is 0. The summed E-state index contributed by atoms with van der Waals surface area (Å²) in [5.74, 6) is -0.0908. The molecular weight excluding hydrogens is 332 g/mol. The fourth-order valence-electron chi connectivity index (χ4n) is 3.39. The number of nitrogens with one attached hydrogen (secondary N) is 1. The fraction of sp³-hybridized carbons (Fsp3) is 0.421. The Balaban J connectivity index is 1.46. The highest BCUT2D eigenvalue weighted by molar-refractivity contribution is 5.91. The van der Waals surface area contributed by atoms with Crippen LogP contribution in [0, 0.1) is 5.92 Å². The molecule has 26 heavy (non-hydrogen) atoms. The molecule has 0 radical (unpaired) electrons. The van der Waals surface area contributed by atoms with Crippen molar-refractivity contribution in [1.29, 1.82) is 0 Å². The van der Waals surface area contributed by atoms with Gasteiger partial charge in [-0.05, 0) is 37.3 Å². The zero-order valence-electron chi connectivity index (χ0n) is 14.7. The number of hydrogen-bond acceptors (Lipinski definition) is 5. The van der Waals surface area contributed by atoms with Crippen molar-refractivity contribution in [3.8, 4) is 0 Å². The van der Waals surface area contributed by atoms with Crippen LogP contribution in [-0.4, -0.2) is 43.2 Å². The molecule has 0 aliphatic carbocycles. The van der Waals surface area contributed by atoms with Crippen LogP contribution in [-0.2, 0) is 9.53 Å². The number of pyridine rings is 1. The average molecular weight is 356 g/mol. The van der Waals surface area contributed by atoms with Gasteiger partial charge in [-0.15, -0.1) is 0 Å². The van der Waals surface area contributed by atoms with Gasteiger partial charge >= 0.3 is 6.09 Å². The lowest BCUT2D eigenvalue weighted by molar-refractivity contribution is -0.120. The normalized spacial score (nSPS) is 15.0. The Hall–Kier alpha value is -2.83. The molecule has 7 heteroatoms. The number of piperidine rings is 1. The molecule has 0 unspecified atom stereocenters. The van der Waals surface area contributed by atoms with E-state index in [2.05, 4.69) is 32.1 Å². The number of para-hydroxylation sites is 1. The quantitative estimate of drug-likeness (QED) is 0.825. The number of rotatable bonds is 6. The Morgan fingerprint density at radius 1 is 1.23 bits per heavy atom. The number of amides is 2. The lowest BCUT2D eigenvalue weighted by Gasteiger charge is -2.34. The van der Waals surface area contributed by atoms with E-state index in [1.54, 1.807) is 0 Å². The Morgan fingerprint density at radius 3 is 2.77 bits per heavy atom. The van der Waals surface area contributed by atoms with E-state index in [1.807, 2.05) is 24.4 Å². The van der Waals surface area contributed by atoms with Crippen LogP contribution in [0.5, 0.6) is 0 Å². The maximum atomic E-state index is 11.4. The van der Waals surface area contributed by atoms with Gasteiger partial charge in [0.15, 0.2) is 6.61 Å². The van der Waals surface area contributed by atoms with Gasteiger partial charge in [-0.3, -0.25) is 9.78 Å². The Labute approximate surface area is 152 Å². The third kappa shape index (κ3) is 4.62. The number of benzene rings is 1. The molecule has 3 N–H and O–H groups in total. The molecule has 0 atom stereocenters. The van der Waals surface area contributed by atoms with E-state index in [4.69, 9.17) is 5.73 Å². The largest absolute Gasteiger partial charge is 0.439 e. The molecule has 1 aliphatic heterocycles. The first-order valence-electron chi connectivity index (χ1n) is 8.91. The third-order valence-corrected chi connectivity index (χ3v) is 4.75. The maximum Gasteiger partial charge on any atom is 0.407 e. The van der Waals surface area contributed by atoms with Gasteiger partial charge in [-0.2, -0.15) is 0 Å². The lowest BCUT2D eigenvalue weighted by Crippen LogP contribution is -2.35. The maximum absolute atomic E-state index is 11.4. The Morgan fingerprint density at radius 2 is 2.00 bits per heavy atom. The molecule has 2 heterocycles. The van der Waals surface area contributed by atoms with Crippen LogP contribution in [0.25, 0.3) is 10.9 Å². The van der Waals surface area contributed by atoms with E-state index in [1.165, 1.54) is 11.1 Å². The Kier molecular flexibility index (Phi) is 5.88. The van der Waals surface area contributed by atoms with Crippen molar-refractivity contribution in [2.75, 3.05) is 31.1 Å². The van der Waals surface area contributed by atoms with Gasteiger partial charge in [0, 0.05) is 36.9 Å². The second-order valence-electron chi connectivity index (χ2n) is 6.54. The van der Waals surface area contributed by atoms with E-state index in [0.717, 1.165) is 37.9 Å². The highest BCUT2D eigenvalue weighted by atomic mass is 16.6. The van der Waals surface area contributed by atoms with Crippen LogP contribution in [0.1, 0.15) is 19.3 Å². The molecule has 0 saturated carbocycles. The zero-order valence-corrected chi connectivity index (χ0v) is 14.7. The smallest absolute Gasteiger partial charge is 0.407 e. The molecule has 7 nitrogen and oxygen atoms in total. The summed E-state index contributed by atoms with van der Waals surface area (Å²) in [6.45, 7) is 2.14. The minimum absolute atomic E-state index is 0.385. The Bertz CT molecular complexity index is 767. The standard InChI is InChI=1S/C19H24N4O3/c20-18(24)13-26-19(25)22-9-5-14-7-11-23(12-8-14)17-6-10-21-16-4-2-1-3-15(16)17/h1-4,6,10,14H,5,7-9,11-13H2,(H2,20,24)(H,22,25). The number of fused-ring (bicyclic) bond motifs is 1. The monoisotopic (exact) mass is 356 g/mol. The number of nitrogens with two attached hydrogens (primary N) is 1. The van der Waals surface area contributed by atoms with Crippen LogP contribution < -0.4 is 16.0 Å². The topological polar surface area (TPSA) is 97.6 Å². The number of anilines is 1. The number of alkyl carbamates (subject to hydrolysis) is 1. The van der Waals surface area contributed by atoms with Gasteiger partial charge in [0.25, 0.3) is 5.91 Å². The summed E-state index contributed by atoms with van der Waals surface area (Å²) < 4.78 is 4.67. The number of nitrogens with zero attached hydrogens (tertiary/aromatic N) is 2. The molecule has 138 valence electrons. The first-order valence-corrected chi connectivity index (χ1v) is 8.91. The van der Waals surface area contributed by atoms with E-state index < -0.39 is 12.0 Å². The van der Waals surface area contributed by atoms with Gasteiger partial charge in [-0.1, -0.05) is 18.2 Å². The molecule has 0 bridgehead atoms. The van der Waals surface area contributed by atoms with Gasteiger partial charge in [-0.25, -0.2) is 4.79 Å². The zero-order chi connectivity index (χ0) is 18.4. The fourth-order valence-corrected chi connectivity index (χ4v) is 3.39. The average Bonchev–Trinajstić information content (AvgIpc) is 2.66. The second-order valence-corrected chi connectivity index (χ2v) is 6.54. The van der Waals surface area contributed by atoms with E-state index >= 15 is 0 Å². The number of hydrogen-bond donors (Lipinski definition) is 2. The summed E-state index contributed by atoms with van der Waals surface area (Å²) in [5.41, 5.74) is 7.19. The summed E-state index contributed by atoms with van der Waals surface area (Å²) in [5, 5.41) is 3.85. The van der Waals surface area contributed by atoms with Crippen molar-refractivity contribution >= 4 is 28.6 Å². The predicted molar refractivity (Wildman–Crippen MR) is 99.8 cm³/mol. The first-order chi connectivity index (χ1) is 12.6. The molecule has 1 saturated heterocycles. The highest BCUT2D eigenvalue weighted by Crippen LogP contribution is 2.29. The lowest BCUT2D eigenvalue weighted by atomic mass is 9.93. The summed E-state index contributed by atoms with van der Waals surface area (Å²) in [6.07, 6.45) is 4.33. The molecule has 1 fully saturated rings. The molecule has 2 amide bonds. The van der Waals surface area contributed by atoms with Gasteiger partial charge in [0.2, 0.25) is 0 Å². The molecule has 0 spiro atoms. The van der Waals surface area contributed by atoms with Crippen molar-refractivity contribution in [3.63, 3.8) is 0 Å². The van der Waals surface area contributed by atoms with Crippen LogP contribution >= 0.6 is 0 Å². The van der Waals surface area contributed by atoms with Crippen LogP contribution in [0.4, 0.5) is 10.5 Å². The van der Waals surface area contributed by atoms with Crippen LogP contribution in [0.3, 0.4) is 0 Å². The predicted octanol–water partition coefficient (Wildman–Crippen LogP) is 2.05. The summed E-state index contributed by atoms with van der Waals surface area (Å²) >= 11 is 0. The van der Waals surface area contributed by atoms with Gasteiger partial charge < -0.3 is 20.7 Å². The molecular formula is C19H24N4O3. The minimum atomic E-state index is -0.656. The van der Waals surface area contributed by atoms with Crippen molar-refractivity contribution in [3.05, 3.63) is 36.5 Å². The number of carbonyl (C=O) groups is 2. The van der Waals surface area contributed by atoms with Crippen LogP contribution in [0.2, 0.25) is 0 Å². The SMILES string of the molecule is NC(=O)COC(=O)NCCC1CCN(c2ccnc3ccccc23)CC1. The number of primary amides is 1.